The number of halogens is 2. The summed E-state index contributed by atoms with van der Waals surface area (Å²) in [7, 11) is -4.32. The molecule has 0 bridgehead atoms. The quantitative estimate of drug-likeness (QED) is 0.536. The van der Waals surface area contributed by atoms with Crippen molar-refractivity contribution < 1.29 is 27.1 Å². The number of hydrogen-bond donors (Lipinski definition) is 2. The van der Waals surface area contributed by atoms with E-state index in [-0.39, 0.29) is 23.1 Å². The summed E-state index contributed by atoms with van der Waals surface area (Å²) in [6.07, 6.45) is 3.12. The number of anilines is 1. The third-order valence-corrected chi connectivity index (χ3v) is 9.98. The number of hydrogen-bond acceptors (Lipinski definition) is 7. The van der Waals surface area contributed by atoms with Gasteiger partial charge in [0, 0.05) is 32.4 Å². The van der Waals surface area contributed by atoms with Crippen LogP contribution in [0.3, 0.4) is 0 Å². The molecular formula is C25H36F2N6O4S. The van der Waals surface area contributed by atoms with Crippen LogP contribution in [0.1, 0.15) is 57.6 Å². The molecule has 1 saturated heterocycles. The van der Waals surface area contributed by atoms with Gasteiger partial charge in [-0.25, -0.2) is 13.1 Å². The number of sulfonamides is 1. The van der Waals surface area contributed by atoms with Crippen molar-refractivity contribution >= 4 is 21.6 Å². The molecule has 10 nitrogen and oxygen atoms in total. The van der Waals surface area contributed by atoms with Gasteiger partial charge in [-0.15, -0.1) is 0 Å². The molecule has 2 aliphatic heterocycles. The lowest BCUT2D eigenvalue weighted by Gasteiger charge is -2.41. The number of alkyl halides is 2. The maximum absolute atomic E-state index is 14.0. The Bertz CT molecular complexity index is 1330. The predicted octanol–water partition coefficient (Wildman–Crippen LogP) is 2.20. The number of likely N-dealkylation sites (tertiary alicyclic amines) is 1. The highest BCUT2D eigenvalue weighted by atomic mass is 32.2. The maximum Gasteiger partial charge on any atom is 0.333 e. The maximum atomic E-state index is 14.0. The van der Waals surface area contributed by atoms with Gasteiger partial charge in [0.1, 0.15) is 4.90 Å². The number of aromatic nitrogens is 3. The largest absolute Gasteiger partial charge is 0.392 e. The molecule has 0 saturated carbocycles. The number of nitrogens with zero attached hydrogens (tertiary/aromatic N) is 5. The van der Waals surface area contributed by atoms with Crippen molar-refractivity contribution in [3.8, 4) is 0 Å². The summed E-state index contributed by atoms with van der Waals surface area (Å²) >= 11 is 0. The van der Waals surface area contributed by atoms with Crippen LogP contribution in [0.4, 0.5) is 14.5 Å². The first-order chi connectivity index (χ1) is 17.6. The Morgan fingerprint density at radius 3 is 2.47 bits per heavy atom. The van der Waals surface area contributed by atoms with Crippen molar-refractivity contribution in [3.05, 3.63) is 35.4 Å². The molecule has 3 atom stereocenters. The summed E-state index contributed by atoms with van der Waals surface area (Å²) in [5, 5.41) is 13.6. The number of aryl methyl sites for hydroxylation is 1. The summed E-state index contributed by atoms with van der Waals surface area (Å²) in [6, 6.07) is 1.64. The van der Waals surface area contributed by atoms with E-state index in [4.69, 9.17) is 5.73 Å². The molecule has 13 heteroatoms. The van der Waals surface area contributed by atoms with E-state index in [1.807, 2.05) is 20.8 Å². The smallest absolute Gasteiger partial charge is 0.333 e. The molecule has 4 rings (SSSR count). The van der Waals surface area contributed by atoms with E-state index in [2.05, 4.69) is 15.0 Å². The predicted molar refractivity (Wildman–Crippen MR) is 137 cm³/mol. The van der Waals surface area contributed by atoms with Gasteiger partial charge in [-0.2, -0.15) is 13.9 Å². The monoisotopic (exact) mass is 554 g/mol. The number of carbonyl (C=O) groups is 1. The zero-order chi connectivity index (χ0) is 28.2. The summed E-state index contributed by atoms with van der Waals surface area (Å²) < 4.78 is 56.2. The number of amides is 1. The SMILES string of the molecule is Cc1nn(C(F)F)cc1S(=O)(=O)N1C[C@@H](CN2CC[C@@H](O)C2)Cc2ncc(C(C)(C(N)=O)C(C)(C)C)cc21. The van der Waals surface area contributed by atoms with E-state index in [0.717, 1.165) is 6.20 Å². The Kier molecular flexibility index (Phi) is 7.34. The number of nitrogens with two attached hydrogens (primary N) is 1. The van der Waals surface area contributed by atoms with Crippen molar-refractivity contribution in [2.24, 2.45) is 17.1 Å². The second-order valence-corrected chi connectivity index (χ2v) is 13.4. The van der Waals surface area contributed by atoms with Crippen molar-refractivity contribution in [1.82, 2.24) is 19.7 Å². The van der Waals surface area contributed by atoms with Gasteiger partial charge >= 0.3 is 6.55 Å². The fraction of sp³-hybridized carbons (Fsp3) is 0.640. The fourth-order valence-corrected chi connectivity index (χ4v) is 7.09. The van der Waals surface area contributed by atoms with Crippen molar-refractivity contribution in [3.63, 3.8) is 0 Å². The van der Waals surface area contributed by atoms with Gasteiger partial charge in [0.2, 0.25) is 5.91 Å². The average molecular weight is 555 g/mol. The number of β-amino-alcohol motifs (C(OH)–C–C–N with tert-alkyl or cyclic N) is 1. The van der Waals surface area contributed by atoms with E-state index < -0.39 is 39.4 Å². The van der Waals surface area contributed by atoms with Crippen molar-refractivity contribution in [1.29, 1.82) is 0 Å². The molecule has 3 N–H and O–H groups in total. The van der Waals surface area contributed by atoms with Gasteiger partial charge in [0.25, 0.3) is 10.0 Å². The topological polar surface area (TPSA) is 135 Å². The van der Waals surface area contributed by atoms with Gasteiger partial charge in [0.15, 0.2) is 0 Å². The molecule has 0 aromatic carbocycles. The van der Waals surface area contributed by atoms with Crippen LogP contribution in [-0.4, -0.2) is 71.4 Å². The summed E-state index contributed by atoms with van der Waals surface area (Å²) in [6.45, 7) is 7.53. The number of rotatable bonds is 7. The van der Waals surface area contributed by atoms with E-state index in [9.17, 15) is 27.1 Å². The first kappa shape index (κ1) is 28.4. The second-order valence-electron chi connectivity index (χ2n) is 11.6. The lowest BCUT2D eigenvalue weighted by atomic mass is 9.63. The van der Waals surface area contributed by atoms with E-state index >= 15 is 0 Å². The molecule has 2 aromatic heterocycles. The zero-order valence-corrected chi connectivity index (χ0v) is 23.2. The summed E-state index contributed by atoms with van der Waals surface area (Å²) in [4.78, 5) is 19.1. The molecule has 4 heterocycles. The molecule has 1 unspecified atom stereocenters. The molecule has 38 heavy (non-hydrogen) atoms. The Morgan fingerprint density at radius 2 is 1.95 bits per heavy atom. The number of carbonyl (C=O) groups excluding carboxylic acids is 1. The van der Waals surface area contributed by atoms with Gasteiger partial charge in [-0.1, -0.05) is 20.8 Å². The van der Waals surface area contributed by atoms with Crippen LogP contribution >= 0.6 is 0 Å². The minimum atomic E-state index is -4.32. The first-order valence-electron chi connectivity index (χ1n) is 12.6. The standard InChI is InChI=1S/C25H36F2N6O4S/c1-15-21(14-32(30-15)23(26)27)38(36,37)33-12-16(11-31-7-6-18(34)13-31)8-19-20(33)9-17(10-29-19)25(5,22(28)35)24(2,3)4/h9-10,14,16,18,23,34H,6-8,11-13H2,1-5H3,(H2,28,35)/t16-,18-,25?/m1/s1. The molecule has 1 fully saturated rings. The molecule has 210 valence electrons. The summed E-state index contributed by atoms with van der Waals surface area (Å²) in [5.74, 6) is -0.729. The Hall–Kier alpha value is -2.64. The average Bonchev–Trinajstić information content (AvgIpc) is 3.42. The fourth-order valence-electron chi connectivity index (χ4n) is 5.37. The van der Waals surface area contributed by atoms with Crippen LogP contribution < -0.4 is 10.0 Å². The first-order valence-corrected chi connectivity index (χ1v) is 14.1. The van der Waals surface area contributed by atoms with Gasteiger partial charge in [0.05, 0.1) is 34.8 Å². The van der Waals surface area contributed by atoms with E-state index in [0.29, 0.717) is 54.1 Å². The number of aliphatic hydroxyl groups is 1. The highest BCUT2D eigenvalue weighted by molar-refractivity contribution is 7.92. The second kappa shape index (κ2) is 9.83. The number of fused-ring (bicyclic) bond motifs is 1. The van der Waals surface area contributed by atoms with Crippen LogP contribution in [0.15, 0.2) is 23.4 Å². The zero-order valence-electron chi connectivity index (χ0n) is 22.4. The van der Waals surface area contributed by atoms with Crippen LogP contribution in [0.2, 0.25) is 0 Å². The highest BCUT2D eigenvalue weighted by Gasteiger charge is 2.46. The molecule has 2 aromatic rings. The highest BCUT2D eigenvalue weighted by Crippen LogP contribution is 2.44. The minimum Gasteiger partial charge on any atom is -0.392 e. The summed E-state index contributed by atoms with van der Waals surface area (Å²) in [5.41, 5.74) is 5.31. The van der Waals surface area contributed by atoms with E-state index in [1.54, 1.807) is 19.2 Å². The Labute approximate surface area is 221 Å². The molecular weight excluding hydrogens is 518 g/mol. The minimum absolute atomic E-state index is 0.0441. The molecule has 2 aliphatic rings. The van der Waals surface area contributed by atoms with E-state index in [1.165, 1.54) is 11.2 Å². The van der Waals surface area contributed by atoms with Crippen LogP contribution in [-0.2, 0) is 26.7 Å². The van der Waals surface area contributed by atoms with Crippen LogP contribution in [0.5, 0.6) is 0 Å². The number of aliphatic hydroxyl groups excluding tert-OH is 1. The van der Waals surface area contributed by atoms with Gasteiger partial charge in [-0.05, 0) is 49.7 Å². The van der Waals surface area contributed by atoms with Crippen molar-refractivity contribution in [2.75, 3.05) is 30.5 Å². The molecule has 0 spiro atoms. The lowest BCUT2D eigenvalue weighted by Crippen LogP contribution is -2.49. The Balaban J connectivity index is 1.83. The number of pyridine rings is 1. The van der Waals surface area contributed by atoms with Crippen LogP contribution in [0.25, 0.3) is 0 Å². The Morgan fingerprint density at radius 1 is 1.26 bits per heavy atom. The number of primary amides is 1. The molecule has 0 aliphatic carbocycles. The van der Waals surface area contributed by atoms with Crippen LogP contribution in [0, 0.1) is 18.3 Å². The lowest BCUT2D eigenvalue weighted by molar-refractivity contribution is -0.126. The molecule has 0 radical (unpaired) electrons. The van der Waals surface area contributed by atoms with Gasteiger partial charge in [-0.3, -0.25) is 14.1 Å². The third-order valence-electron chi connectivity index (χ3n) is 8.10. The molecule has 1 amide bonds. The van der Waals surface area contributed by atoms with Crippen molar-refractivity contribution in [2.45, 2.75) is 70.4 Å². The third kappa shape index (κ3) is 4.91. The normalized spacial score (nSPS) is 22.5. The van der Waals surface area contributed by atoms with Gasteiger partial charge < -0.3 is 15.7 Å².